The van der Waals surface area contributed by atoms with Crippen molar-refractivity contribution in [2.24, 2.45) is 7.05 Å². The second kappa shape index (κ2) is 10.4. The van der Waals surface area contributed by atoms with Crippen molar-refractivity contribution in [1.29, 1.82) is 0 Å². The molecule has 5 rings (SSSR count). The number of ether oxygens (including phenoxy) is 1. The third kappa shape index (κ3) is 4.97. The van der Waals surface area contributed by atoms with E-state index in [0.717, 1.165) is 39.3 Å². The van der Waals surface area contributed by atoms with Crippen LogP contribution in [0.1, 0.15) is 66.3 Å². The number of nitrogens with zero attached hydrogens (tertiary/aromatic N) is 4. The number of piperidine rings is 1. The van der Waals surface area contributed by atoms with Crippen LogP contribution in [0.5, 0.6) is 5.88 Å². The average Bonchev–Trinajstić information content (AvgIpc) is 3.16. The highest BCUT2D eigenvalue weighted by atomic mass is 19.1. The Morgan fingerprint density at radius 1 is 1.08 bits per heavy atom. The SMILES string of the molecule is CC(C)n1c(=O)n(C)c2ccc3cc(F)c(-c4ccc(OCCC[N+]5(C(C)(C)C)CCCCC5)nc4)cc3c21. The van der Waals surface area contributed by atoms with E-state index >= 15 is 4.39 Å². The van der Waals surface area contributed by atoms with Crippen molar-refractivity contribution >= 4 is 21.8 Å². The van der Waals surface area contributed by atoms with Gasteiger partial charge in [0.25, 0.3) is 0 Å². The summed E-state index contributed by atoms with van der Waals surface area (Å²) < 4.78 is 25.9. The number of fused-ring (bicyclic) bond motifs is 3. The summed E-state index contributed by atoms with van der Waals surface area (Å²) in [7, 11) is 1.78. The molecule has 2 aromatic heterocycles. The second-order valence-electron chi connectivity index (χ2n) is 12.4. The lowest BCUT2D eigenvalue weighted by Gasteiger charge is -2.51. The molecular formula is C32H42FN4O2+. The van der Waals surface area contributed by atoms with Crippen molar-refractivity contribution < 1.29 is 13.6 Å². The van der Waals surface area contributed by atoms with Gasteiger partial charge in [-0.3, -0.25) is 9.13 Å². The highest BCUT2D eigenvalue weighted by Crippen LogP contribution is 2.34. The first-order valence-corrected chi connectivity index (χ1v) is 14.3. The molecule has 0 spiro atoms. The molecule has 1 aliphatic rings. The van der Waals surface area contributed by atoms with Crippen molar-refractivity contribution in [3.8, 4) is 17.0 Å². The van der Waals surface area contributed by atoms with Gasteiger partial charge in [0.2, 0.25) is 5.88 Å². The second-order valence-corrected chi connectivity index (χ2v) is 12.4. The van der Waals surface area contributed by atoms with E-state index < -0.39 is 0 Å². The van der Waals surface area contributed by atoms with E-state index in [9.17, 15) is 4.79 Å². The lowest BCUT2D eigenvalue weighted by atomic mass is 9.95. The normalized spacial score (nSPS) is 15.9. The molecule has 0 radical (unpaired) electrons. The summed E-state index contributed by atoms with van der Waals surface area (Å²) in [5, 5.41) is 1.62. The molecule has 0 bridgehead atoms. The molecule has 0 unspecified atom stereocenters. The maximum Gasteiger partial charge on any atom is 0.329 e. The van der Waals surface area contributed by atoms with Crippen LogP contribution in [0.3, 0.4) is 0 Å². The summed E-state index contributed by atoms with van der Waals surface area (Å²) >= 11 is 0. The predicted octanol–water partition coefficient (Wildman–Crippen LogP) is 6.84. The molecule has 4 aromatic rings. The summed E-state index contributed by atoms with van der Waals surface area (Å²) in [4.78, 5) is 17.4. The number of hydrogen-bond donors (Lipinski definition) is 0. The minimum Gasteiger partial charge on any atom is -0.477 e. The molecule has 7 heteroatoms. The Morgan fingerprint density at radius 2 is 1.82 bits per heavy atom. The van der Waals surface area contributed by atoms with Gasteiger partial charge in [-0.05, 0) is 83.5 Å². The summed E-state index contributed by atoms with van der Waals surface area (Å²) in [6, 6.07) is 10.8. The Kier molecular flexibility index (Phi) is 7.31. The van der Waals surface area contributed by atoms with Crippen LogP contribution >= 0.6 is 0 Å². The third-order valence-electron chi connectivity index (χ3n) is 8.79. The van der Waals surface area contributed by atoms with Gasteiger partial charge < -0.3 is 9.22 Å². The largest absolute Gasteiger partial charge is 0.477 e. The minimum atomic E-state index is -0.315. The van der Waals surface area contributed by atoms with E-state index in [1.54, 1.807) is 28.4 Å². The number of benzene rings is 2. The number of hydrogen-bond acceptors (Lipinski definition) is 3. The third-order valence-corrected chi connectivity index (χ3v) is 8.79. The van der Waals surface area contributed by atoms with Crippen molar-refractivity contribution in [3.63, 3.8) is 0 Å². The predicted molar refractivity (Wildman–Crippen MR) is 157 cm³/mol. The number of likely N-dealkylation sites (tertiary alicyclic amines) is 1. The molecule has 0 amide bonds. The molecule has 1 saturated heterocycles. The van der Waals surface area contributed by atoms with Gasteiger partial charge in [-0.1, -0.05) is 6.07 Å². The Bertz CT molecular complexity index is 1540. The molecule has 0 aliphatic carbocycles. The zero-order valence-electron chi connectivity index (χ0n) is 24.3. The molecule has 0 atom stereocenters. The molecule has 1 aliphatic heterocycles. The highest BCUT2D eigenvalue weighted by Gasteiger charge is 2.40. The van der Waals surface area contributed by atoms with Gasteiger partial charge in [-0.25, -0.2) is 14.2 Å². The van der Waals surface area contributed by atoms with Gasteiger partial charge >= 0.3 is 5.69 Å². The van der Waals surface area contributed by atoms with Crippen molar-refractivity contribution in [2.45, 2.75) is 71.9 Å². The first-order valence-electron chi connectivity index (χ1n) is 14.3. The number of halogens is 1. The van der Waals surface area contributed by atoms with Crippen molar-refractivity contribution in [2.75, 3.05) is 26.2 Å². The number of aryl methyl sites for hydroxylation is 1. The van der Waals surface area contributed by atoms with Crippen LogP contribution in [0, 0.1) is 5.82 Å². The Labute approximate surface area is 230 Å². The van der Waals surface area contributed by atoms with Gasteiger partial charge in [-0.15, -0.1) is 0 Å². The Balaban J connectivity index is 1.36. The monoisotopic (exact) mass is 533 g/mol. The molecule has 0 N–H and O–H groups in total. The number of rotatable bonds is 7. The number of imidazole rings is 1. The molecule has 3 heterocycles. The maximum absolute atomic E-state index is 15.3. The average molecular weight is 534 g/mol. The minimum absolute atomic E-state index is 0.0198. The van der Waals surface area contributed by atoms with Gasteiger partial charge in [0, 0.05) is 48.3 Å². The van der Waals surface area contributed by atoms with Crippen molar-refractivity contribution in [1.82, 2.24) is 14.1 Å². The highest BCUT2D eigenvalue weighted by molar-refractivity contribution is 6.06. The van der Waals surface area contributed by atoms with E-state index in [-0.39, 0.29) is 23.1 Å². The van der Waals surface area contributed by atoms with Gasteiger partial charge in [0.1, 0.15) is 5.82 Å². The fourth-order valence-electron chi connectivity index (χ4n) is 6.42. The molecule has 6 nitrogen and oxygen atoms in total. The van der Waals surface area contributed by atoms with Crippen molar-refractivity contribution in [3.05, 3.63) is 58.9 Å². The van der Waals surface area contributed by atoms with E-state index in [2.05, 4.69) is 25.8 Å². The van der Waals surface area contributed by atoms with Gasteiger partial charge in [-0.2, -0.15) is 0 Å². The summed E-state index contributed by atoms with van der Waals surface area (Å²) in [6.07, 6.45) is 6.60. The van der Waals surface area contributed by atoms with E-state index in [1.807, 2.05) is 44.2 Å². The van der Waals surface area contributed by atoms with E-state index in [0.29, 0.717) is 23.6 Å². The fourth-order valence-corrected chi connectivity index (χ4v) is 6.42. The molecule has 1 fully saturated rings. The maximum atomic E-state index is 15.3. The molecule has 208 valence electrons. The molecule has 2 aromatic carbocycles. The summed E-state index contributed by atoms with van der Waals surface area (Å²) in [5.74, 6) is 0.240. The van der Waals surface area contributed by atoms with Crippen LogP contribution in [-0.2, 0) is 7.05 Å². The zero-order chi connectivity index (χ0) is 27.9. The topological polar surface area (TPSA) is 49.0 Å². The fraction of sp³-hybridized carbons (Fsp3) is 0.500. The number of pyridine rings is 1. The van der Waals surface area contributed by atoms with Gasteiger partial charge in [0.05, 0.1) is 42.8 Å². The zero-order valence-corrected chi connectivity index (χ0v) is 24.3. The Hall–Kier alpha value is -3.19. The first-order chi connectivity index (χ1) is 18.5. The van der Waals surface area contributed by atoms with Crippen LogP contribution in [0.25, 0.3) is 32.9 Å². The summed E-state index contributed by atoms with van der Waals surface area (Å²) in [6.45, 7) is 15.3. The lowest BCUT2D eigenvalue weighted by Crippen LogP contribution is -2.63. The lowest BCUT2D eigenvalue weighted by molar-refractivity contribution is -0.974. The smallest absolute Gasteiger partial charge is 0.329 e. The number of quaternary nitrogens is 1. The first kappa shape index (κ1) is 27.4. The van der Waals surface area contributed by atoms with Crippen LogP contribution in [0.15, 0.2) is 47.4 Å². The quantitative estimate of drug-likeness (QED) is 0.193. The summed E-state index contributed by atoms with van der Waals surface area (Å²) in [5.41, 5.74) is 2.96. The van der Waals surface area contributed by atoms with Gasteiger partial charge in [0.15, 0.2) is 0 Å². The molecular weight excluding hydrogens is 491 g/mol. The Morgan fingerprint density at radius 3 is 2.46 bits per heavy atom. The van der Waals surface area contributed by atoms with E-state index in [1.165, 1.54) is 32.4 Å². The van der Waals surface area contributed by atoms with Crippen LogP contribution < -0.4 is 10.4 Å². The standard InChI is InChI=1S/C32H42FN4O2/c1-22(2)36-30-26-20-25(27(33)19-23(26)11-13-28(30)35(6)31(36)38)24-12-14-29(34-21-24)39-18-10-17-37(32(3,4)5)15-8-7-9-16-37/h11-14,19-22H,7-10,15-18H2,1-6H3/q+1. The number of aromatic nitrogens is 3. The van der Waals surface area contributed by atoms with Crippen LogP contribution in [0.2, 0.25) is 0 Å². The molecule has 39 heavy (non-hydrogen) atoms. The van der Waals surface area contributed by atoms with Crippen LogP contribution in [-0.4, -0.2) is 50.4 Å². The van der Waals surface area contributed by atoms with Crippen LogP contribution in [0.4, 0.5) is 4.39 Å². The van der Waals surface area contributed by atoms with E-state index in [4.69, 9.17) is 4.74 Å². The molecule has 0 saturated carbocycles.